The first kappa shape index (κ1) is 22.2. The van der Waals surface area contributed by atoms with Gasteiger partial charge in [-0.2, -0.15) is 5.10 Å². The van der Waals surface area contributed by atoms with Crippen LogP contribution in [0.2, 0.25) is 0 Å². The van der Waals surface area contributed by atoms with E-state index in [2.05, 4.69) is 31.8 Å². The second-order valence-electron chi connectivity index (χ2n) is 5.66. The molecule has 0 saturated carbocycles. The normalized spacial score (nSPS) is 10.5. The Morgan fingerprint density at radius 2 is 1.79 bits per heavy atom. The maximum absolute atomic E-state index is 12.2. The third kappa shape index (κ3) is 6.49. The first-order chi connectivity index (χ1) is 14.0. The van der Waals surface area contributed by atoms with Crippen LogP contribution in [-0.2, 0) is 4.79 Å². The summed E-state index contributed by atoms with van der Waals surface area (Å²) < 4.78 is 16.7. The molecule has 0 saturated heterocycles. The summed E-state index contributed by atoms with van der Waals surface area (Å²) in [6.45, 7) is 2.16. The molecular formula is C20H22BrN3O5. The van der Waals surface area contributed by atoms with Gasteiger partial charge in [-0.3, -0.25) is 9.59 Å². The average molecular weight is 464 g/mol. The molecule has 0 heterocycles. The minimum absolute atomic E-state index is 0.235. The molecule has 2 aromatic carbocycles. The van der Waals surface area contributed by atoms with Crippen LogP contribution in [-0.4, -0.2) is 45.4 Å². The number of carbonyl (C=O) groups excluding carboxylic acids is 2. The van der Waals surface area contributed by atoms with Gasteiger partial charge in [0.15, 0.2) is 11.5 Å². The summed E-state index contributed by atoms with van der Waals surface area (Å²) in [6, 6.07) is 10.2. The fraction of sp³-hybridized carbons (Fsp3) is 0.250. The zero-order valence-corrected chi connectivity index (χ0v) is 17.9. The van der Waals surface area contributed by atoms with E-state index in [9.17, 15) is 9.59 Å². The molecule has 9 heteroatoms. The monoisotopic (exact) mass is 463 g/mol. The largest absolute Gasteiger partial charge is 0.493 e. The van der Waals surface area contributed by atoms with Crippen LogP contribution in [0.4, 0.5) is 0 Å². The van der Waals surface area contributed by atoms with Crippen molar-refractivity contribution in [2.75, 3.05) is 27.4 Å². The summed E-state index contributed by atoms with van der Waals surface area (Å²) in [5.74, 6) is 0.692. The fourth-order valence-corrected chi connectivity index (χ4v) is 2.74. The summed E-state index contributed by atoms with van der Waals surface area (Å²) in [6.07, 6.45) is 1.48. The molecular weight excluding hydrogens is 442 g/mol. The maximum Gasteiger partial charge on any atom is 0.259 e. The molecule has 2 N–H and O–H groups in total. The standard InChI is InChI=1S/C20H22BrN3O5/c1-4-29-16-8-6-15(21)9-14(16)11-23-24-19(25)12-22-20(26)13-5-7-17(27-2)18(10-13)28-3/h5-11H,4,12H2,1-3H3,(H,22,26)(H,24,25)/b23-11+. The van der Waals surface area contributed by atoms with Gasteiger partial charge in [-0.25, -0.2) is 5.43 Å². The number of ether oxygens (including phenoxy) is 3. The van der Waals surface area contributed by atoms with E-state index in [4.69, 9.17) is 14.2 Å². The Morgan fingerprint density at radius 3 is 2.48 bits per heavy atom. The van der Waals surface area contributed by atoms with E-state index in [1.165, 1.54) is 26.5 Å². The quantitative estimate of drug-likeness (QED) is 0.440. The van der Waals surface area contributed by atoms with Crippen LogP contribution < -0.4 is 25.0 Å². The molecule has 0 aromatic heterocycles. The Hall–Kier alpha value is -3.07. The van der Waals surface area contributed by atoms with Crippen molar-refractivity contribution in [1.82, 2.24) is 10.7 Å². The Balaban J connectivity index is 1.91. The number of hydrogen-bond donors (Lipinski definition) is 2. The van der Waals surface area contributed by atoms with Crippen LogP contribution in [0.25, 0.3) is 0 Å². The fourth-order valence-electron chi connectivity index (χ4n) is 2.36. The SMILES string of the molecule is CCOc1ccc(Br)cc1/C=N/NC(=O)CNC(=O)c1ccc(OC)c(OC)c1. The first-order valence-electron chi connectivity index (χ1n) is 8.73. The average Bonchev–Trinajstić information content (AvgIpc) is 2.73. The van der Waals surface area contributed by atoms with Gasteiger partial charge in [0.1, 0.15) is 5.75 Å². The van der Waals surface area contributed by atoms with Crippen LogP contribution in [0.3, 0.4) is 0 Å². The van der Waals surface area contributed by atoms with E-state index in [0.717, 1.165) is 4.47 Å². The molecule has 0 aliphatic heterocycles. The molecule has 154 valence electrons. The third-order valence-electron chi connectivity index (χ3n) is 3.72. The molecule has 0 radical (unpaired) electrons. The van der Waals surface area contributed by atoms with Crippen molar-refractivity contribution in [2.45, 2.75) is 6.92 Å². The second-order valence-corrected chi connectivity index (χ2v) is 6.58. The molecule has 2 rings (SSSR count). The molecule has 0 unspecified atom stereocenters. The van der Waals surface area contributed by atoms with Crippen LogP contribution >= 0.6 is 15.9 Å². The van der Waals surface area contributed by atoms with Gasteiger partial charge >= 0.3 is 0 Å². The van der Waals surface area contributed by atoms with Gasteiger partial charge in [0.25, 0.3) is 11.8 Å². The summed E-state index contributed by atoms with van der Waals surface area (Å²) in [5.41, 5.74) is 3.41. The number of benzene rings is 2. The zero-order valence-electron chi connectivity index (χ0n) is 16.3. The van der Waals surface area contributed by atoms with Gasteiger partial charge in [-0.05, 0) is 43.3 Å². The smallest absolute Gasteiger partial charge is 0.259 e. The van der Waals surface area contributed by atoms with E-state index in [1.807, 2.05) is 19.1 Å². The zero-order chi connectivity index (χ0) is 21.2. The number of nitrogens with one attached hydrogen (secondary N) is 2. The lowest BCUT2D eigenvalue weighted by Gasteiger charge is -2.09. The predicted molar refractivity (Wildman–Crippen MR) is 113 cm³/mol. The van der Waals surface area contributed by atoms with Gasteiger partial charge in [0, 0.05) is 15.6 Å². The van der Waals surface area contributed by atoms with Crippen molar-refractivity contribution in [2.24, 2.45) is 5.10 Å². The lowest BCUT2D eigenvalue weighted by molar-refractivity contribution is -0.120. The van der Waals surface area contributed by atoms with Gasteiger partial charge in [0.05, 0.1) is 33.6 Å². The van der Waals surface area contributed by atoms with Gasteiger partial charge in [-0.15, -0.1) is 0 Å². The summed E-state index contributed by atoms with van der Waals surface area (Å²) in [4.78, 5) is 24.2. The Morgan fingerprint density at radius 1 is 1.07 bits per heavy atom. The lowest BCUT2D eigenvalue weighted by Crippen LogP contribution is -2.34. The number of rotatable bonds is 9. The molecule has 0 bridgehead atoms. The highest BCUT2D eigenvalue weighted by Gasteiger charge is 2.11. The van der Waals surface area contributed by atoms with Crippen LogP contribution in [0.1, 0.15) is 22.8 Å². The van der Waals surface area contributed by atoms with E-state index < -0.39 is 11.8 Å². The molecule has 0 aliphatic carbocycles. The van der Waals surface area contributed by atoms with E-state index in [-0.39, 0.29) is 6.54 Å². The van der Waals surface area contributed by atoms with E-state index in [0.29, 0.717) is 35.0 Å². The number of hydrazone groups is 1. The van der Waals surface area contributed by atoms with Crippen molar-refractivity contribution in [1.29, 1.82) is 0 Å². The number of amides is 2. The minimum atomic E-state index is -0.469. The summed E-state index contributed by atoms with van der Waals surface area (Å²) in [5, 5.41) is 6.44. The highest BCUT2D eigenvalue weighted by atomic mass is 79.9. The minimum Gasteiger partial charge on any atom is -0.493 e. The van der Waals surface area contributed by atoms with Gasteiger partial charge in [0.2, 0.25) is 0 Å². The van der Waals surface area contributed by atoms with Crippen LogP contribution in [0.15, 0.2) is 46.0 Å². The van der Waals surface area contributed by atoms with Crippen LogP contribution in [0.5, 0.6) is 17.2 Å². The number of halogens is 1. The molecule has 2 aromatic rings. The molecule has 8 nitrogen and oxygen atoms in total. The Kier molecular flexibility index (Phi) is 8.47. The molecule has 0 spiro atoms. The van der Waals surface area contributed by atoms with Crippen LogP contribution in [0, 0.1) is 0 Å². The highest BCUT2D eigenvalue weighted by molar-refractivity contribution is 9.10. The van der Waals surface area contributed by atoms with Crippen molar-refractivity contribution in [3.05, 3.63) is 52.0 Å². The van der Waals surface area contributed by atoms with Crippen molar-refractivity contribution < 1.29 is 23.8 Å². The van der Waals surface area contributed by atoms with Crippen molar-refractivity contribution >= 4 is 34.0 Å². The molecule has 0 aliphatic rings. The summed E-state index contributed by atoms with van der Waals surface area (Å²) in [7, 11) is 2.99. The van der Waals surface area contributed by atoms with E-state index in [1.54, 1.807) is 18.2 Å². The van der Waals surface area contributed by atoms with Crippen molar-refractivity contribution in [3.63, 3.8) is 0 Å². The van der Waals surface area contributed by atoms with Gasteiger partial charge in [-0.1, -0.05) is 15.9 Å². The Labute approximate surface area is 177 Å². The number of nitrogens with zero attached hydrogens (tertiary/aromatic N) is 1. The first-order valence-corrected chi connectivity index (χ1v) is 9.52. The third-order valence-corrected chi connectivity index (χ3v) is 4.21. The molecule has 29 heavy (non-hydrogen) atoms. The molecule has 2 amide bonds. The summed E-state index contributed by atoms with van der Waals surface area (Å²) >= 11 is 3.38. The van der Waals surface area contributed by atoms with E-state index >= 15 is 0 Å². The van der Waals surface area contributed by atoms with Gasteiger partial charge < -0.3 is 19.5 Å². The lowest BCUT2D eigenvalue weighted by atomic mass is 10.2. The highest BCUT2D eigenvalue weighted by Crippen LogP contribution is 2.27. The molecule has 0 fully saturated rings. The topological polar surface area (TPSA) is 98.2 Å². The number of methoxy groups -OCH3 is 2. The second kappa shape index (κ2) is 11.1. The number of hydrogen-bond acceptors (Lipinski definition) is 6. The van der Waals surface area contributed by atoms with Crippen molar-refractivity contribution in [3.8, 4) is 17.2 Å². The number of carbonyl (C=O) groups is 2. The predicted octanol–water partition coefficient (Wildman–Crippen LogP) is 2.75. The maximum atomic E-state index is 12.2. The molecule has 0 atom stereocenters. The Bertz CT molecular complexity index is 902.